The summed E-state index contributed by atoms with van der Waals surface area (Å²) in [6.45, 7) is 2.52. The van der Waals surface area contributed by atoms with Gasteiger partial charge in [-0.2, -0.15) is 16.4 Å². The molecule has 0 spiro atoms. The third-order valence-electron chi connectivity index (χ3n) is 7.14. The van der Waals surface area contributed by atoms with E-state index in [-0.39, 0.29) is 19.2 Å². The summed E-state index contributed by atoms with van der Waals surface area (Å²) >= 11 is 1.62. The SMILES string of the molecule is N/N=C(/C(c1ccsc1)N1CCC(n2c(=O)[nH]c3ccccc32)CC1)N(N)c1ccc2c(c1)OCCO2.[HH]. The van der Waals surface area contributed by atoms with Gasteiger partial charge < -0.3 is 20.3 Å². The molecule has 0 radical (unpaired) electrons. The molecule has 2 aromatic heterocycles. The Labute approximate surface area is 219 Å². The van der Waals surface area contributed by atoms with Crippen LogP contribution in [0.1, 0.15) is 31.9 Å². The number of fused-ring (bicyclic) bond motifs is 2. The minimum Gasteiger partial charge on any atom is -0.486 e. The molecule has 1 saturated heterocycles. The number of aromatic amines is 1. The Morgan fingerprint density at radius 2 is 1.92 bits per heavy atom. The lowest BCUT2D eigenvalue weighted by molar-refractivity contribution is 0.165. The van der Waals surface area contributed by atoms with E-state index in [1.165, 1.54) is 5.01 Å². The number of aromatic nitrogens is 2. The molecular weight excluding hydrogens is 490 g/mol. The molecule has 5 N–H and O–H groups in total. The van der Waals surface area contributed by atoms with Crippen molar-refractivity contribution in [3.8, 4) is 11.5 Å². The topological polar surface area (TPSA) is 127 Å². The van der Waals surface area contributed by atoms with Crippen molar-refractivity contribution in [1.82, 2.24) is 14.5 Å². The van der Waals surface area contributed by atoms with Gasteiger partial charge in [-0.25, -0.2) is 10.6 Å². The van der Waals surface area contributed by atoms with Gasteiger partial charge in [0.2, 0.25) is 0 Å². The molecule has 1 fully saturated rings. The van der Waals surface area contributed by atoms with E-state index in [0.717, 1.165) is 42.5 Å². The van der Waals surface area contributed by atoms with Gasteiger partial charge >= 0.3 is 5.69 Å². The van der Waals surface area contributed by atoms with Gasteiger partial charge in [-0.15, -0.1) is 0 Å². The number of amidine groups is 1. The molecule has 194 valence electrons. The number of nitrogens with one attached hydrogen (secondary N) is 1. The molecule has 37 heavy (non-hydrogen) atoms. The molecule has 1 atom stereocenters. The van der Waals surface area contributed by atoms with Crippen LogP contribution in [0.5, 0.6) is 11.5 Å². The maximum atomic E-state index is 12.8. The van der Waals surface area contributed by atoms with Crippen molar-refractivity contribution < 1.29 is 10.9 Å². The van der Waals surface area contributed by atoms with Gasteiger partial charge in [0.15, 0.2) is 17.3 Å². The molecule has 11 heteroatoms. The lowest BCUT2D eigenvalue weighted by atomic mass is 9.99. The zero-order valence-electron chi connectivity index (χ0n) is 20.2. The van der Waals surface area contributed by atoms with Gasteiger partial charge in [0, 0.05) is 26.6 Å². The molecular formula is C26H31N7O3S. The van der Waals surface area contributed by atoms with Gasteiger partial charge in [0.1, 0.15) is 13.2 Å². The fraction of sp³-hybridized carbons (Fsp3) is 0.308. The van der Waals surface area contributed by atoms with Crippen LogP contribution in [0, 0.1) is 0 Å². The van der Waals surface area contributed by atoms with Gasteiger partial charge in [-0.05, 0) is 59.5 Å². The first kappa shape index (κ1) is 23.6. The average Bonchev–Trinajstić information content (AvgIpc) is 3.58. The van der Waals surface area contributed by atoms with Crippen LogP contribution >= 0.6 is 11.3 Å². The van der Waals surface area contributed by atoms with E-state index < -0.39 is 0 Å². The number of piperidine rings is 1. The average molecular weight is 522 g/mol. The zero-order chi connectivity index (χ0) is 25.4. The van der Waals surface area contributed by atoms with Crippen LogP contribution < -0.4 is 31.9 Å². The van der Waals surface area contributed by atoms with E-state index in [4.69, 9.17) is 21.2 Å². The number of nitrogens with zero attached hydrogens (tertiary/aromatic N) is 4. The first-order valence-corrected chi connectivity index (χ1v) is 13.3. The van der Waals surface area contributed by atoms with Crippen molar-refractivity contribution >= 4 is 33.9 Å². The van der Waals surface area contributed by atoms with E-state index in [2.05, 4.69) is 26.4 Å². The molecule has 4 heterocycles. The second-order valence-electron chi connectivity index (χ2n) is 9.23. The minimum absolute atomic E-state index is 0. The van der Waals surface area contributed by atoms with Crippen LogP contribution in [0.15, 0.2) is 69.2 Å². The maximum absolute atomic E-state index is 12.8. The highest BCUT2D eigenvalue weighted by Gasteiger charge is 2.34. The Bertz CT molecular complexity index is 1480. The summed E-state index contributed by atoms with van der Waals surface area (Å²) < 4.78 is 13.3. The lowest BCUT2D eigenvalue weighted by Crippen LogP contribution is -2.49. The van der Waals surface area contributed by atoms with Crippen molar-refractivity contribution in [2.24, 2.45) is 16.8 Å². The molecule has 2 aromatic carbocycles. The predicted molar refractivity (Wildman–Crippen MR) is 147 cm³/mol. The normalized spacial score (nSPS) is 17.7. The number of hydrogen-bond donors (Lipinski definition) is 3. The number of anilines is 1. The molecule has 2 aliphatic rings. The smallest absolute Gasteiger partial charge is 0.326 e. The van der Waals surface area contributed by atoms with Crippen LogP contribution in [0.3, 0.4) is 0 Å². The fourth-order valence-electron chi connectivity index (χ4n) is 5.37. The molecule has 4 aromatic rings. The summed E-state index contributed by atoms with van der Waals surface area (Å²) in [5.74, 6) is 14.5. The molecule has 6 rings (SSSR count). The van der Waals surface area contributed by atoms with Crippen LogP contribution in [0.2, 0.25) is 0 Å². The summed E-state index contributed by atoms with van der Waals surface area (Å²) in [6, 6.07) is 15.3. The van der Waals surface area contributed by atoms with E-state index in [9.17, 15) is 4.79 Å². The summed E-state index contributed by atoms with van der Waals surface area (Å²) in [5, 5.41) is 9.85. The highest BCUT2D eigenvalue weighted by atomic mass is 32.1. The summed E-state index contributed by atoms with van der Waals surface area (Å²) in [5.41, 5.74) is 3.52. The van der Waals surface area contributed by atoms with Crippen molar-refractivity contribution in [2.45, 2.75) is 24.9 Å². The molecule has 0 amide bonds. The second-order valence-corrected chi connectivity index (χ2v) is 10.0. The number of nitrogens with two attached hydrogens (primary N) is 2. The quantitative estimate of drug-likeness (QED) is 0.159. The first-order chi connectivity index (χ1) is 18.1. The van der Waals surface area contributed by atoms with Crippen LogP contribution in [0.4, 0.5) is 5.69 Å². The predicted octanol–water partition coefficient (Wildman–Crippen LogP) is 3.44. The molecule has 0 aliphatic carbocycles. The number of ether oxygens (including phenoxy) is 2. The van der Waals surface area contributed by atoms with Gasteiger partial charge in [0.25, 0.3) is 0 Å². The lowest BCUT2D eigenvalue weighted by Gasteiger charge is -2.39. The van der Waals surface area contributed by atoms with Crippen LogP contribution in [-0.4, -0.2) is 46.6 Å². The van der Waals surface area contributed by atoms with E-state index in [1.54, 1.807) is 11.3 Å². The number of imidazole rings is 1. The Morgan fingerprint density at radius 1 is 1.14 bits per heavy atom. The number of H-pyrrole nitrogens is 1. The number of hydrazine groups is 1. The Morgan fingerprint density at radius 3 is 2.68 bits per heavy atom. The number of para-hydroxylation sites is 2. The monoisotopic (exact) mass is 521 g/mol. The Balaban J connectivity index is 0.00000294. The number of likely N-dealkylation sites (tertiary alicyclic amines) is 1. The molecule has 1 unspecified atom stereocenters. The standard InChI is InChI=1S/C26H29N7O3S.H2/c27-30-25(33(28)19-5-6-22-23(15-19)36-13-12-35-22)24(17-9-14-37-16-17)31-10-7-18(8-11-31)32-21-4-2-1-3-20(21)29-26(32)34;/h1-6,9,14-16,18,24H,7-8,10-13,27-28H2,(H,29,34);1H/b30-25-;. The Hall–Kier alpha value is -3.80. The van der Waals surface area contributed by atoms with Crippen molar-refractivity contribution in [1.29, 1.82) is 0 Å². The third kappa shape index (κ3) is 4.35. The molecule has 2 aliphatic heterocycles. The van der Waals surface area contributed by atoms with Gasteiger partial charge in [0.05, 0.1) is 22.8 Å². The van der Waals surface area contributed by atoms with Crippen molar-refractivity contribution in [2.75, 3.05) is 31.3 Å². The zero-order valence-corrected chi connectivity index (χ0v) is 21.1. The molecule has 10 nitrogen and oxygen atoms in total. The Kier molecular flexibility index (Phi) is 6.33. The van der Waals surface area contributed by atoms with Gasteiger partial charge in [-0.3, -0.25) is 14.5 Å². The van der Waals surface area contributed by atoms with Crippen molar-refractivity contribution in [3.63, 3.8) is 0 Å². The number of thiophene rings is 1. The summed E-state index contributed by atoms with van der Waals surface area (Å²) in [6.07, 6.45) is 1.63. The van der Waals surface area contributed by atoms with E-state index in [0.29, 0.717) is 36.2 Å². The number of hydrogen-bond acceptors (Lipinski definition) is 8. The largest absolute Gasteiger partial charge is 0.486 e. The summed E-state index contributed by atoms with van der Waals surface area (Å²) in [7, 11) is 0. The van der Waals surface area contributed by atoms with Crippen LogP contribution in [-0.2, 0) is 0 Å². The first-order valence-electron chi connectivity index (χ1n) is 12.3. The third-order valence-corrected chi connectivity index (χ3v) is 7.84. The molecule has 0 saturated carbocycles. The molecule has 0 bridgehead atoms. The highest BCUT2D eigenvalue weighted by Crippen LogP contribution is 2.36. The number of benzene rings is 2. The minimum atomic E-state index is -0.241. The number of rotatable bonds is 5. The fourth-order valence-corrected chi connectivity index (χ4v) is 6.05. The van der Waals surface area contributed by atoms with E-state index in [1.807, 2.05) is 52.4 Å². The van der Waals surface area contributed by atoms with Gasteiger partial charge in [-0.1, -0.05) is 12.1 Å². The second kappa shape index (κ2) is 9.92. The maximum Gasteiger partial charge on any atom is 0.326 e. The van der Waals surface area contributed by atoms with Crippen LogP contribution in [0.25, 0.3) is 11.0 Å². The summed E-state index contributed by atoms with van der Waals surface area (Å²) in [4.78, 5) is 18.1. The highest BCUT2D eigenvalue weighted by molar-refractivity contribution is 7.08. The van der Waals surface area contributed by atoms with Crippen molar-refractivity contribution in [3.05, 3.63) is 75.3 Å². The van der Waals surface area contributed by atoms with E-state index >= 15 is 0 Å². The number of hydrazone groups is 1.